The molecule has 0 aliphatic rings. The molecule has 0 bridgehead atoms. The van der Waals surface area contributed by atoms with Crippen LogP contribution in [0.5, 0.6) is 5.75 Å². The zero-order valence-electron chi connectivity index (χ0n) is 10.7. The predicted octanol–water partition coefficient (Wildman–Crippen LogP) is 3.90. The Bertz CT molecular complexity index is 381. The number of ether oxygens (including phenoxy) is 2. The maximum absolute atomic E-state index is 11.8. The smallest absolute Gasteiger partial charge is 0.491 e. The molecule has 0 saturated heterocycles. The zero-order valence-corrected chi connectivity index (χ0v) is 10.7. The van der Waals surface area contributed by atoms with E-state index in [1.165, 1.54) is 0 Å². The molecule has 1 aromatic rings. The van der Waals surface area contributed by atoms with Crippen LogP contribution in [0.15, 0.2) is 24.3 Å². The van der Waals surface area contributed by atoms with Crippen LogP contribution in [-0.4, -0.2) is 19.6 Å². The van der Waals surface area contributed by atoms with Crippen molar-refractivity contribution in [2.45, 2.75) is 32.5 Å². The highest BCUT2D eigenvalue weighted by atomic mass is 19.4. The van der Waals surface area contributed by atoms with Crippen molar-refractivity contribution in [2.75, 3.05) is 13.2 Å². The van der Waals surface area contributed by atoms with Gasteiger partial charge < -0.3 is 4.74 Å². The molecule has 0 unspecified atom stereocenters. The van der Waals surface area contributed by atoms with Crippen molar-refractivity contribution in [1.29, 1.82) is 0 Å². The van der Waals surface area contributed by atoms with Crippen LogP contribution in [0.3, 0.4) is 0 Å². The summed E-state index contributed by atoms with van der Waals surface area (Å²) in [6.07, 6.45) is -4.60. The molecule has 0 spiro atoms. The van der Waals surface area contributed by atoms with Crippen molar-refractivity contribution in [2.24, 2.45) is 0 Å². The van der Waals surface area contributed by atoms with Crippen molar-refractivity contribution in [1.82, 2.24) is 0 Å². The average molecular weight is 262 g/mol. The molecule has 5 heteroatoms. The second kappa shape index (κ2) is 5.61. The first-order valence-corrected chi connectivity index (χ1v) is 5.63. The van der Waals surface area contributed by atoms with Crippen LogP contribution in [0.25, 0.3) is 0 Å². The lowest BCUT2D eigenvalue weighted by atomic mass is 9.86. The van der Waals surface area contributed by atoms with Crippen molar-refractivity contribution in [3.8, 4) is 5.75 Å². The summed E-state index contributed by atoms with van der Waals surface area (Å²) in [6.45, 7) is 5.40. The molecule has 2 nitrogen and oxygen atoms in total. The number of rotatable bonds is 4. The number of benzene rings is 1. The summed E-state index contributed by atoms with van der Waals surface area (Å²) >= 11 is 0. The predicted molar refractivity (Wildman–Crippen MR) is 62.6 cm³/mol. The molecule has 0 aromatic heterocycles. The Morgan fingerprint density at radius 2 is 1.61 bits per heavy atom. The van der Waals surface area contributed by atoms with Crippen LogP contribution < -0.4 is 4.74 Å². The number of hydrogen-bond donors (Lipinski definition) is 0. The third kappa shape index (κ3) is 4.96. The van der Waals surface area contributed by atoms with E-state index < -0.39 is 13.0 Å². The third-order valence-corrected chi connectivity index (χ3v) is 2.30. The van der Waals surface area contributed by atoms with E-state index in [1.54, 1.807) is 12.1 Å². The second-order valence-electron chi connectivity index (χ2n) is 4.89. The minimum Gasteiger partial charge on any atom is -0.491 e. The largest absolute Gasteiger partial charge is 0.522 e. The van der Waals surface area contributed by atoms with Gasteiger partial charge >= 0.3 is 6.36 Å². The number of hydrogen-bond acceptors (Lipinski definition) is 2. The van der Waals surface area contributed by atoms with Gasteiger partial charge in [-0.1, -0.05) is 39.0 Å². The minimum absolute atomic E-state index is 0.124. The fourth-order valence-electron chi connectivity index (χ4n) is 1.52. The van der Waals surface area contributed by atoms with E-state index in [0.29, 0.717) is 5.75 Å². The molecule has 0 amide bonds. The SMILES string of the molecule is CC(C)(C)c1ccccc1OCCOC(F)(F)F. The molecule has 0 aliphatic heterocycles. The number of halogens is 3. The molecular formula is C13H17F3O2. The Morgan fingerprint density at radius 1 is 1.00 bits per heavy atom. The van der Waals surface area contributed by atoms with Crippen molar-refractivity contribution in [3.63, 3.8) is 0 Å². The highest BCUT2D eigenvalue weighted by Gasteiger charge is 2.28. The molecule has 0 aliphatic carbocycles. The van der Waals surface area contributed by atoms with Crippen LogP contribution >= 0.6 is 0 Å². The van der Waals surface area contributed by atoms with Gasteiger partial charge in [0.1, 0.15) is 12.4 Å². The lowest BCUT2D eigenvalue weighted by molar-refractivity contribution is -0.325. The summed E-state index contributed by atoms with van der Waals surface area (Å²) in [5.74, 6) is 0.593. The Kier molecular flexibility index (Phi) is 4.62. The van der Waals surface area contributed by atoms with Gasteiger partial charge in [0.25, 0.3) is 0 Å². The third-order valence-electron chi connectivity index (χ3n) is 2.30. The molecule has 0 fully saturated rings. The molecule has 1 aromatic carbocycles. The Hall–Kier alpha value is -1.23. The van der Waals surface area contributed by atoms with Gasteiger partial charge in [-0.05, 0) is 17.0 Å². The highest BCUT2D eigenvalue weighted by Crippen LogP contribution is 2.30. The minimum atomic E-state index is -4.60. The summed E-state index contributed by atoms with van der Waals surface area (Å²) in [5, 5.41) is 0. The van der Waals surface area contributed by atoms with E-state index in [2.05, 4.69) is 4.74 Å². The molecule has 0 heterocycles. The lowest BCUT2D eigenvalue weighted by Crippen LogP contribution is -2.19. The summed E-state index contributed by atoms with van der Waals surface area (Å²) in [5.41, 5.74) is 0.832. The first-order valence-electron chi connectivity index (χ1n) is 5.63. The van der Waals surface area contributed by atoms with Gasteiger partial charge in [0, 0.05) is 0 Å². The summed E-state index contributed by atoms with van der Waals surface area (Å²) < 4.78 is 44.3. The van der Waals surface area contributed by atoms with E-state index in [1.807, 2.05) is 32.9 Å². The molecule has 1 rings (SSSR count). The molecule has 0 N–H and O–H groups in total. The summed E-state index contributed by atoms with van der Waals surface area (Å²) in [6, 6.07) is 7.31. The summed E-state index contributed by atoms with van der Waals surface area (Å²) in [7, 11) is 0. The van der Waals surface area contributed by atoms with Gasteiger partial charge in [-0.2, -0.15) is 0 Å². The average Bonchev–Trinajstić information content (AvgIpc) is 2.22. The number of alkyl halides is 3. The van der Waals surface area contributed by atoms with Crippen LogP contribution in [0, 0.1) is 0 Å². The first-order chi connectivity index (χ1) is 8.20. The van der Waals surface area contributed by atoms with Gasteiger partial charge in [0.05, 0.1) is 6.61 Å². The molecule has 0 atom stereocenters. The van der Waals surface area contributed by atoms with E-state index in [0.717, 1.165) is 5.56 Å². The van der Waals surface area contributed by atoms with E-state index >= 15 is 0 Å². The maximum Gasteiger partial charge on any atom is 0.522 e. The quantitative estimate of drug-likeness (QED) is 0.766. The zero-order chi connectivity index (χ0) is 13.8. The first kappa shape index (κ1) is 14.8. The molecule has 102 valence electrons. The van der Waals surface area contributed by atoms with Crippen LogP contribution in [-0.2, 0) is 10.2 Å². The van der Waals surface area contributed by atoms with E-state index in [4.69, 9.17) is 4.74 Å². The van der Waals surface area contributed by atoms with Crippen molar-refractivity contribution >= 4 is 0 Å². The van der Waals surface area contributed by atoms with Gasteiger partial charge in [-0.3, -0.25) is 4.74 Å². The van der Waals surface area contributed by atoms with Crippen LogP contribution in [0.4, 0.5) is 13.2 Å². The maximum atomic E-state index is 11.8. The van der Waals surface area contributed by atoms with Crippen molar-refractivity contribution < 1.29 is 22.6 Å². The van der Waals surface area contributed by atoms with E-state index in [9.17, 15) is 13.2 Å². The van der Waals surface area contributed by atoms with E-state index in [-0.39, 0.29) is 12.0 Å². The van der Waals surface area contributed by atoms with Crippen LogP contribution in [0.2, 0.25) is 0 Å². The Morgan fingerprint density at radius 3 is 2.17 bits per heavy atom. The standard InChI is InChI=1S/C13H17F3O2/c1-12(2,3)10-6-4-5-7-11(10)17-8-9-18-13(14,15)16/h4-7H,8-9H2,1-3H3. The normalized spacial score (nSPS) is 12.6. The van der Waals surface area contributed by atoms with Crippen molar-refractivity contribution in [3.05, 3.63) is 29.8 Å². The Balaban J connectivity index is 2.58. The monoisotopic (exact) mass is 262 g/mol. The topological polar surface area (TPSA) is 18.5 Å². The van der Waals surface area contributed by atoms with Gasteiger partial charge in [-0.15, -0.1) is 13.2 Å². The molecule has 0 saturated carbocycles. The van der Waals surface area contributed by atoms with Gasteiger partial charge in [0.15, 0.2) is 0 Å². The second-order valence-corrected chi connectivity index (χ2v) is 4.89. The fourth-order valence-corrected chi connectivity index (χ4v) is 1.52. The lowest BCUT2D eigenvalue weighted by Gasteiger charge is -2.22. The summed E-state index contributed by atoms with van der Waals surface area (Å²) in [4.78, 5) is 0. The van der Waals surface area contributed by atoms with Gasteiger partial charge in [0.2, 0.25) is 0 Å². The fraction of sp³-hybridized carbons (Fsp3) is 0.538. The number of para-hydroxylation sites is 1. The molecule has 18 heavy (non-hydrogen) atoms. The Labute approximate surface area is 105 Å². The molecular weight excluding hydrogens is 245 g/mol. The van der Waals surface area contributed by atoms with Gasteiger partial charge in [-0.25, -0.2) is 0 Å². The molecule has 0 radical (unpaired) electrons. The highest BCUT2D eigenvalue weighted by molar-refractivity contribution is 5.38. The van der Waals surface area contributed by atoms with Crippen LogP contribution in [0.1, 0.15) is 26.3 Å².